The molecule has 1 saturated heterocycles. The molecule has 0 radical (unpaired) electrons. The van der Waals surface area contributed by atoms with Crippen LogP contribution in [0.1, 0.15) is 41.4 Å². The van der Waals surface area contributed by atoms with Gasteiger partial charge in [-0.25, -0.2) is 23.9 Å². The van der Waals surface area contributed by atoms with Gasteiger partial charge in [0.05, 0.1) is 28.8 Å². The summed E-state index contributed by atoms with van der Waals surface area (Å²) in [6.07, 6.45) is -8.38. The molecule has 54 heavy (non-hydrogen) atoms. The maximum absolute atomic E-state index is 13.8. The Balaban J connectivity index is 1.36. The van der Waals surface area contributed by atoms with Gasteiger partial charge in [0, 0.05) is 0 Å². The summed E-state index contributed by atoms with van der Waals surface area (Å²) in [6, 6.07) is 31.4. The molecule has 7 rings (SSSR count). The number of nitrogens with one attached hydrogen (secondary N) is 2. The van der Waals surface area contributed by atoms with Crippen LogP contribution in [-0.4, -0.2) is 79.8 Å². The van der Waals surface area contributed by atoms with E-state index in [1.165, 1.54) is 48.5 Å². The molecule has 0 spiro atoms. The fraction of sp³-hybridized carbons (Fsp3) is 0.158. The van der Waals surface area contributed by atoms with Gasteiger partial charge in [0.1, 0.15) is 6.10 Å². The minimum Gasteiger partial charge on any atom is -0.452 e. The first-order valence-electron chi connectivity index (χ1n) is 16.5. The van der Waals surface area contributed by atoms with Gasteiger partial charge in [0.25, 0.3) is 11.1 Å². The summed E-state index contributed by atoms with van der Waals surface area (Å²) in [6.45, 7) is -0.478. The highest BCUT2D eigenvalue weighted by molar-refractivity contribution is 5.92. The minimum absolute atomic E-state index is 0.0904. The van der Waals surface area contributed by atoms with E-state index in [1.54, 1.807) is 72.8 Å². The lowest BCUT2D eigenvalue weighted by atomic mass is 9.97. The van der Waals surface area contributed by atoms with E-state index in [0.717, 1.165) is 4.68 Å². The molecule has 3 heterocycles. The predicted molar refractivity (Wildman–Crippen MR) is 186 cm³/mol. The van der Waals surface area contributed by atoms with Crippen molar-refractivity contribution in [3.63, 3.8) is 0 Å². The molecule has 0 unspecified atom stereocenters. The van der Waals surface area contributed by atoms with Crippen LogP contribution < -0.4 is 11.1 Å². The molecule has 6 aromatic rings. The number of hydrogen-bond donors (Lipinski definition) is 2. The summed E-state index contributed by atoms with van der Waals surface area (Å²) in [5, 5.41) is 12.2. The summed E-state index contributed by atoms with van der Waals surface area (Å²) < 4.78 is 31.2. The zero-order valence-corrected chi connectivity index (χ0v) is 28.0. The first-order valence-corrected chi connectivity index (χ1v) is 16.5. The van der Waals surface area contributed by atoms with E-state index in [9.17, 15) is 28.8 Å². The topological polar surface area (TPSA) is 211 Å². The Labute approximate surface area is 304 Å². The summed E-state index contributed by atoms with van der Waals surface area (Å²) in [4.78, 5) is 80.1. The fourth-order valence-electron chi connectivity index (χ4n) is 5.79. The molecule has 0 bridgehead atoms. The van der Waals surface area contributed by atoms with Gasteiger partial charge in [-0.05, 0) is 48.5 Å². The number of H-pyrrole nitrogens is 2. The standard InChI is InChI=1S/C38H29N5O11/c44-32-27-28(33(45)41-40-32)43(42-39-27)21-26-29(51-34(46)22-13-5-1-6-14-22)30(52-35(47)23-15-7-2-8-16-23)31(53-36(48)24-17-9-3-10-18-24)38(50-26)54-37(49)25-19-11-4-12-20-25/h1-20,26,29-31,38H,21H2,(H,40,44)(H,41,45)/t26-,29-,30+,31-,38-/m1/s1. The number of nitrogens with zero attached hydrogens (tertiary/aromatic N) is 3. The summed E-state index contributed by atoms with van der Waals surface area (Å²) in [5.74, 6) is -3.61. The van der Waals surface area contributed by atoms with Crippen LogP contribution in [0.25, 0.3) is 11.0 Å². The lowest BCUT2D eigenvalue weighted by Crippen LogP contribution is -2.63. The van der Waals surface area contributed by atoms with Crippen molar-refractivity contribution in [1.29, 1.82) is 0 Å². The van der Waals surface area contributed by atoms with E-state index in [2.05, 4.69) is 20.5 Å². The lowest BCUT2D eigenvalue weighted by molar-refractivity contribution is -0.280. The van der Waals surface area contributed by atoms with E-state index in [4.69, 9.17) is 23.7 Å². The molecule has 1 aliphatic heterocycles. The van der Waals surface area contributed by atoms with Crippen molar-refractivity contribution in [1.82, 2.24) is 25.2 Å². The van der Waals surface area contributed by atoms with Gasteiger partial charge in [-0.1, -0.05) is 78.0 Å². The van der Waals surface area contributed by atoms with Gasteiger partial charge in [-0.2, -0.15) is 0 Å². The number of esters is 4. The average molecular weight is 732 g/mol. The third kappa shape index (κ3) is 7.54. The summed E-state index contributed by atoms with van der Waals surface area (Å²) in [7, 11) is 0. The zero-order valence-electron chi connectivity index (χ0n) is 28.0. The quantitative estimate of drug-likeness (QED) is 0.153. The number of hydrogen-bond acceptors (Lipinski definition) is 13. The van der Waals surface area contributed by atoms with Gasteiger partial charge >= 0.3 is 23.9 Å². The second-order valence-electron chi connectivity index (χ2n) is 11.9. The number of ether oxygens (including phenoxy) is 5. The minimum atomic E-state index is -1.81. The van der Waals surface area contributed by atoms with Crippen molar-refractivity contribution in [2.75, 3.05) is 0 Å². The molecule has 16 heteroatoms. The highest BCUT2D eigenvalue weighted by Gasteiger charge is 2.54. The van der Waals surface area contributed by atoms with Crippen LogP contribution in [0.15, 0.2) is 131 Å². The molecule has 1 aliphatic rings. The van der Waals surface area contributed by atoms with E-state index in [0.29, 0.717) is 0 Å². The third-order valence-electron chi connectivity index (χ3n) is 8.39. The van der Waals surface area contributed by atoms with Crippen molar-refractivity contribution >= 4 is 34.9 Å². The number of aromatic amines is 2. The SMILES string of the molecule is O=C(O[C@H]1O[C@H](Cn2nnc3c(=O)[nH][nH]c(=O)c32)[C@@H](OC(=O)c2ccccc2)[C@H](OC(=O)c2ccccc2)[C@H]1OC(=O)c1ccccc1)c1ccccc1. The largest absolute Gasteiger partial charge is 0.452 e. The van der Waals surface area contributed by atoms with Crippen LogP contribution in [0, 0.1) is 0 Å². The fourth-order valence-corrected chi connectivity index (χ4v) is 5.79. The van der Waals surface area contributed by atoms with Crippen molar-refractivity contribution in [2.45, 2.75) is 37.3 Å². The molecule has 0 aliphatic carbocycles. The normalized spacial score (nSPS) is 19.4. The summed E-state index contributed by atoms with van der Waals surface area (Å²) >= 11 is 0. The average Bonchev–Trinajstić information content (AvgIpc) is 3.64. The van der Waals surface area contributed by atoms with E-state index in [-0.39, 0.29) is 33.3 Å². The molecule has 2 N–H and O–H groups in total. The van der Waals surface area contributed by atoms with Crippen LogP contribution in [0.3, 0.4) is 0 Å². The number of benzene rings is 4. The first kappa shape index (κ1) is 35.2. The molecule has 0 amide bonds. The number of carbonyl (C=O) groups is 4. The van der Waals surface area contributed by atoms with Gasteiger partial charge in [-0.15, -0.1) is 5.10 Å². The van der Waals surface area contributed by atoms with E-state index >= 15 is 0 Å². The molecule has 0 saturated carbocycles. The molecule has 1 fully saturated rings. The predicted octanol–water partition coefficient (Wildman–Crippen LogP) is 3.07. The number of rotatable bonds is 10. The van der Waals surface area contributed by atoms with Gasteiger partial charge < -0.3 is 23.7 Å². The molecular weight excluding hydrogens is 702 g/mol. The monoisotopic (exact) mass is 731 g/mol. The van der Waals surface area contributed by atoms with E-state index < -0.39 is 72.2 Å². The molecule has 2 aromatic heterocycles. The van der Waals surface area contributed by atoms with Gasteiger partial charge in [-0.3, -0.25) is 19.8 Å². The number of fused-ring (bicyclic) bond motifs is 1. The van der Waals surface area contributed by atoms with Crippen molar-refractivity contribution in [2.24, 2.45) is 0 Å². The van der Waals surface area contributed by atoms with Gasteiger partial charge in [0.15, 0.2) is 23.2 Å². The number of carbonyl (C=O) groups excluding carboxylic acids is 4. The summed E-state index contributed by atoms with van der Waals surface area (Å²) in [5.41, 5.74) is -1.68. The molecule has 272 valence electrons. The Morgan fingerprint density at radius 1 is 0.556 bits per heavy atom. The lowest BCUT2D eigenvalue weighted by Gasteiger charge is -2.44. The Morgan fingerprint density at radius 3 is 1.44 bits per heavy atom. The van der Waals surface area contributed by atoms with Crippen LogP contribution in [0.2, 0.25) is 0 Å². The molecule has 16 nitrogen and oxygen atoms in total. The van der Waals surface area contributed by atoms with Crippen molar-refractivity contribution in [3.05, 3.63) is 164 Å². The Hall–Kier alpha value is -7.20. The Kier molecular flexibility index (Phi) is 10.2. The highest BCUT2D eigenvalue weighted by Crippen LogP contribution is 2.33. The third-order valence-corrected chi connectivity index (χ3v) is 8.39. The van der Waals surface area contributed by atoms with Gasteiger partial charge in [0.2, 0.25) is 12.4 Å². The van der Waals surface area contributed by atoms with Crippen LogP contribution >= 0.6 is 0 Å². The smallest absolute Gasteiger partial charge is 0.340 e. The number of aromatic nitrogens is 5. The van der Waals surface area contributed by atoms with Crippen molar-refractivity contribution < 1.29 is 42.9 Å². The maximum atomic E-state index is 13.8. The highest BCUT2D eigenvalue weighted by atomic mass is 16.7. The maximum Gasteiger partial charge on any atom is 0.340 e. The second kappa shape index (κ2) is 15.6. The Bertz CT molecular complexity index is 2400. The van der Waals surface area contributed by atoms with E-state index in [1.807, 2.05) is 0 Å². The molecule has 4 aromatic carbocycles. The molecule has 5 atom stereocenters. The van der Waals surface area contributed by atoms with Crippen LogP contribution in [0.5, 0.6) is 0 Å². The van der Waals surface area contributed by atoms with Crippen molar-refractivity contribution in [3.8, 4) is 0 Å². The second-order valence-corrected chi connectivity index (χ2v) is 11.9. The Morgan fingerprint density at radius 2 is 0.963 bits per heavy atom. The van der Waals surface area contributed by atoms with Crippen LogP contribution in [-0.2, 0) is 30.2 Å². The zero-order chi connectivity index (χ0) is 37.6. The van der Waals surface area contributed by atoms with Crippen LogP contribution in [0.4, 0.5) is 0 Å². The molecular formula is C38H29N5O11. The first-order chi connectivity index (χ1) is 26.3.